The number of ether oxygens (including phenoxy) is 10. The summed E-state index contributed by atoms with van der Waals surface area (Å²) in [6.45, 7) is 9.02. The first-order valence-corrected chi connectivity index (χ1v) is 29.8. The van der Waals surface area contributed by atoms with E-state index >= 15 is 9.59 Å². The van der Waals surface area contributed by atoms with Crippen LogP contribution in [-0.4, -0.2) is 268 Å². The van der Waals surface area contributed by atoms with E-state index in [9.17, 15) is 81.7 Å². The number of Topliss-reactive ketones (excluding diaryl/α,β-unsaturated/α-hetero) is 1. The van der Waals surface area contributed by atoms with Crippen molar-refractivity contribution in [2.45, 2.75) is 254 Å². The van der Waals surface area contributed by atoms with Crippen LogP contribution >= 0.6 is 0 Å². The molecule has 1 unspecified atom stereocenters. The van der Waals surface area contributed by atoms with E-state index in [2.05, 4.69) is 26.8 Å². The minimum atomic E-state index is -1.92. The van der Waals surface area contributed by atoms with Gasteiger partial charge < -0.3 is 129 Å². The van der Waals surface area contributed by atoms with Gasteiger partial charge in [0.05, 0.1) is 50.8 Å². The average Bonchev–Trinajstić information content (AvgIpc) is 0.927. The summed E-state index contributed by atoms with van der Waals surface area (Å²) in [5, 5.41) is 173. The van der Waals surface area contributed by atoms with Gasteiger partial charge >= 0.3 is 5.97 Å². The Labute approximate surface area is 491 Å². The van der Waals surface area contributed by atoms with E-state index in [-0.39, 0.29) is 37.0 Å². The fraction of sp³-hybridized carbons (Fsp3) is 0.930. The number of hydrogen-bond donors (Lipinski definition) is 16. The second kappa shape index (κ2) is 24.2. The van der Waals surface area contributed by atoms with Crippen LogP contribution in [0.4, 0.5) is 0 Å². The molecule has 5 heterocycles. The Kier molecular flexibility index (Phi) is 18.7. The highest BCUT2D eigenvalue weighted by atomic mass is 16.8. The van der Waals surface area contributed by atoms with Crippen molar-refractivity contribution in [3.63, 3.8) is 0 Å². The molecule has 9 fully saturated rings. The number of aliphatic hydroxyl groups excluding tert-OH is 16. The maximum Gasteiger partial charge on any atom is 0.322 e. The number of aliphatic hydroxyl groups is 16. The van der Waals surface area contributed by atoms with Gasteiger partial charge in [-0.3, -0.25) is 9.59 Å². The number of carbonyl (C=O) groups excluding carboxylic acids is 2. The van der Waals surface area contributed by atoms with Gasteiger partial charge in [0.1, 0.15) is 84.8 Å². The molecule has 85 heavy (non-hydrogen) atoms. The molecule has 5 saturated heterocycles. The van der Waals surface area contributed by atoms with Gasteiger partial charge in [-0.1, -0.05) is 46.3 Å². The molecule has 0 aromatic rings. The molecule has 10 rings (SSSR count). The fourth-order valence-electron chi connectivity index (χ4n) is 17.2. The number of fused-ring (bicyclic) bond motifs is 7. The Morgan fingerprint density at radius 3 is 1.85 bits per heavy atom. The van der Waals surface area contributed by atoms with E-state index in [4.69, 9.17) is 47.4 Å². The Morgan fingerprint density at radius 2 is 1.21 bits per heavy atom. The summed E-state index contributed by atoms with van der Waals surface area (Å²) in [5.41, 5.74) is -5.26. The lowest BCUT2D eigenvalue weighted by atomic mass is 9.33. The van der Waals surface area contributed by atoms with Crippen molar-refractivity contribution in [1.82, 2.24) is 0 Å². The van der Waals surface area contributed by atoms with Gasteiger partial charge in [-0.05, 0) is 80.0 Å². The number of ketones is 1. The molecule has 0 aromatic heterocycles. The topological polar surface area (TPSA) is 450 Å². The first kappa shape index (κ1) is 65.8. The lowest BCUT2D eigenvalue weighted by Gasteiger charge is -2.71. The number of esters is 1. The zero-order chi connectivity index (χ0) is 62.0. The standard InChI is InChI=1S/C57H90O28/c1-22-42(80-34-14-25(62)43(46(74)81-34)82-49-39(70)36(67)30(19-59)78-49)38(69)41(72)48(76-22)77-28-13-26(63)45(73)84-47(28)85-51(75)57-12-11-52(2,3)15-24(57)23-7-8-31-53(4)16-27(64)44(83-50-40(71)37(68)35(66)29(18-58)79-50)56(20-60,21-61)32(53)9-10-54(31,5)55(23,6)17-33(57)65/h7,22,24-32,34-50,58-64,66-74H,8-21H2,1-6H3/t22-,24-,25-,26+,27-,28+,29+,30-,31?,32+,34+,35+,36+,37-,38-,39+,40+,41+,42-,43+,44-,45-,46+,47-,48-,49-,50-,53+,54+,55+,57+/m0/s1. The number of allylic oxidation sites excluding steroid dienone is 2. The molecule has 0 spiro atoms. The van der Waals surface area contributed by atoms with Crippen LogP contribution < -0.4 is 0 Å². The molecule has 0 bridgehead atoms. The zero-order valence-corrected chi connectivity index (χ0v) is 48.6. The second-order valence-corrected chi connectivity index (χ2v) is 27.5. The molecular weight excluding hydrogens is 1130 g/mol. The van der Waals surface area contributed by atoms with Crippen LogP contribution in [0.5, 0.6) is 0 Å². The SMILES string of the molecule is C[C@@H]1O[C@@H](O[C@@H]2C[C@@H](O)[C@@H](O)O[C@H]2OC(=O)[C@]23CCC(C)(C)C[C@H]2C2=CCC4[C@@]5(C)C[C@H](O)[C@H](O[C@@H]6O[C@H](CO)[C@@H](O)[C@H](O)[C@H]6O)C(CO)(CO)[C@@H]5CC[C@@]4(C)[C@]2(C)CC3=O)[C@H](O)[C@H](O)[C@H]1O[C@H]1C[C@H](O)[C@@H](O[C@@H]2O[C@@H](CO)[C@@H](O)[C@H]2O)[C@H](O)O1. The van der Waals surface area contributed by atoms with Crippen molar-refractivity contribution in [1.29, 1.82) is 0 Å². The third-order valence-corrected chi connectivity index (χ3v) is 22.2. The highest BCUT2D eigenvalue weighted by molar-refractivity contribution is 6.06. The van der Waals surface area contributed by atoms with Gasteiger partial charge in [0.15, 0.2) is 43.5 Å². The Balaban J connectivity index is 0.852. The minimum absolute atomic E-state index is 0.0753. The summed E-state index contributed by atoms with van der Waals surface area (Å²) in [4.78, 5) is 31.0. The van der Waals surface area contributed by atoms with Gasteiger partial charge in [-0.25, -0.2) is 0 Å². The Morgan fingerprint density at radius 1 is 0.600 bits per heavy atom. The molecule has 0 aromatic carbocycles. The van der Waals surface area contributed by atoms with E-state index in [1.54, 1.807) is 0 Å². The number of rotatable bonds is 14. The van der Waals surface area contributed by atoms with Crippen molar-refractivity contribution in [3.05, 3.63) is 11.6 Å². The first-order valence-electron chi connectivity index (χ1n) is 29.8. The number of carbonyl (C=O) groups is 2. The Bertz CT molecular complexity index is 2400. The van der Waals surface area contributed by atoms with Gasteiger partial charge in [0, 0.05) is 36.0 Å². The normalized spacial score (nSPS) is 53.1. The van der Waals surface area contributed by atoms with E-state index < -0.39 is 231 Å². The summed E-state index contributed by atoms with van der Waals surface area (Å²) >= 11 is 0. The van der Waals surface area contributed by atoms with Crippen LogP contribution in [0.25, 0.3) is 0 Å². The monoisotopic (exact) mass is 1220 g/mol. The highest BCUT2D eigenvalue weighted by Crippen LogP contribution is 2.75. The molecule has 5 aliphatic carbocycles. The van der Waals surface area contributed by atoms with Crippen LogP contribution in [0.1, 0.15) is 106 Å². The van der Waals surface area contributed by atoms with E-state index in [0.717, 1.165) is 5.57 Å². The van der Waals surface area contributed by atoms with Crippen LogP contribution in [0.3, 0.4) is 0 Å². The Hall–Kier alpha value is -2.12. The smallest absolute Gasteiger partial charge is 0.322 e. The largest absolute Gasteiger partial charge is 0.432 e. The van der Waals surface area contributed by atoms with Gasteiger partial charge in [0.2, 0.25) is 6.29 Å². The van der Waals surface area contributed by atoms with E-state index in [1.165, 1.54) is 6.92 Å². The maximum atomic E-state index is 15.6. The molecule has 31 atom stereocenters. The highest BCUT2D eigenvalue weighted by Gasteiger charge is 2.74. The zero-order valence-electron chi connectivity index (χ0n) is 48.6. The maximum absolute atomic E-state index is 15.6. The predicted molar refractivity (Wildman–Crippen MR) is 280 cm³/mol. The van der Waals surface area contributed by atoms with Crippen molar-refractivity contribution in [3.8, 4) is 0 Å². The van der Waals surface area contributed by atoms with Gasteiger partial charge in [-0.15, -0.1) is 0 Å². The van der Waals surface area contributed by atoms with Crippen LogP contribution in [0.15, 0.2) is 11.6 Å². The molecular formula is C57H90O28. The predicted octanol–water partition coefficient (Wildman–Crippen LogP) is -4.48. The van der Waals surface area contributed by atoms with Crippen molar-refractivity contribution in [2.24, 2.45) is 50.2 Å². The molecule has 16 N–H and O–H groups in total. The van der Waals surface area contributed by atoms with E-state index in [1.807, 2.05) is 13.8 Å². The third kappa shape index (κ3) is 10.8. The number of hydrogen-bond acceptors (Lipinski definition) is 28. The quantitative estimate of drug-likeness (QED) is 0.0337. The first-order chi connectivity index (χ1) is 39.9. The van der Waals surface area contributed by atoms with Crippen molar-refractivity contribution < 1.29 is 139 Å². The molecule has 28 nitrogen and oxygen atoms in total. The summed E-state index contributed by atoms with van der Waals surface area (Å²) in [5.74, 6) is -2.89. The molecule has 0 amide bonds. The van der Waals surface area contributed by atoms with Crippen molar-refractivity contribution in [2.75, 3.05) is 26.4 Å². The summed E-state index contributed by atoms with van der Waals surface area (Å²) < 4.78 is 58.2. The minimum Gasteiger partial charge on any atom is -0.432 e. The summed E-state index contributed by atoms with van der Waals surface area (Å²) in [6.07, 6.45) is -34.7. The lowest BCUT2D eigenvalue weighted by molar-refractivity contribution is -0.381. The molecule has 0 radical (unpaired) electrons. The van der Waals surface area contributed by atoms with E-state index in [0.29, 0.717) is 32.1 Å². The van der Waals surface area contributed by atoms with Crippen molar-refractivity contribution >= 4 is 11.8 Å². The summed E-state index contributed by atoms with van der Waals surface area (Å²) in [7, 11) is 0. The van der Waals surface area contributed by atoms with Gasteiger partial charge in [-0.2, -0.15) is 0 Å². The fourth-order valence-corrected chi connectivity index (χ4v) is 17.2. The van der Waals surface area contributed by atoms with Crippen LogP contribution in [-0.2, 0) is 57.0 Å². The second-order valence-electron chi connectivity index (χ2n) is 27.5. The third-order valence-electron chi connectivity index (χ3n) is 22.2. The molecule has 10 aliphatic rings. The molecule has 5 aliphatic heterocycles. The average molecular weight is 1220 g/mol. The van der Waals surface area contributed by atoms with Crippen LogP contribution in [0, 0.1) is 50.2 Å². The molecule has 28 heteroatoms. The summed E-state index contributed by atoms with van der Waals surface area (Å²) in [6, 6.07) is 0. The molecule has 486 valence electrons. The lowest BCUT2D eigenvalue weighted by Crippen LogP contribution is -2.71. The van der Waals surface area contributed by atoms with Gasteiger partial charge in [0.25, 0.3) is 0 Å². The molecule has 4 saturated carbocycles. The van der Waals surface area contributed by atoms with Crippen LogP contribution in [0.2, 0.25) is 0 Å².